The van der Waals surface area contributed by atoms with Crippen LogP contribution in [0.2, 0.25) is 0 Å². The molecule has 1 aliphatic heterocycles. The van der Waals surface area contributed by atoms with Crippen molar-refractivity contribution >= 4 is 17.2 Å². The lowest BCUT2D eigenvalue weighted by atomic mass is 10.1. The van der Waals surface area contributed by atoms with E-state index in [1.807, 2.05) is 42.6 Å². The number of carbonyl (C=O) groups excluding carboxylic acids is 1. The number of nitrogens with one attached hydrogen (secondary N) is 1. The molecule has 0 spiro atoms. The van der Waals surface area contributed by atoms with Gasteiger partial charge in [0.15, 0.2) is 0 Å². The van der Waals surface area contributed by atoms with Crippen LogP contribution in [0, 0.1) is 6.92 Å². The number of amides is 1. The topological polar surface area (TPSA) is 58.4 Å². The van der Waals surface area contributed by atoms with Crippen molar-refractivity contribution in [3.8, 4) is 10.8 Å². The summed E-state index contributed by atoms with van der Waals surface area (Å²) in [6, 6.07) is 14.1. The molecule has 3 heterocycles. The second-order valence-corrected chi connectivity index (χ2v) is 8.16. The molecule has 1 saturated heterocycles. The van der Waals surface area contributed by atoms with Crippen molar-refractivity contribution in [1.29, 1.82) is 0 Å². The molecule has 0 saturated carbocycles. The van der Waals surface area contributed by atoms with Crippen molar-refractivity contribution < 1.29 is 9.21 Å². The Morgan fingerprint density at radius 3 is 2.71 bits per heavy atom. The summed E-state index contributed by atoms with van der Waals surface area (Å²) in [5.41, 5.74) is 1.84. The van der Waals surface area contributed by atoms with Crippen LogP contribution in [0.5, 0.6) is 0 Å². The number of likely N-dealkylation sites (tertiary alicyclic amines) is 1. The zero-order valence-electron chi connectivity index (χ0n) is 16.1. The molecule has 6 heteroatoms. The highest BCUT2D eigenvalue weighted by atomic mass is 32.1. The molecule has 1 atom stereocenters. The molecule has 1 fully saturated rings. The van der Waals surface area contributed by atoms with Gasteiger partial charge in [-0.1, -0.05) is 36.4 Å². The lowest BCUT2D eigenvalue weighted by Gasteiger charge is -2.25. The molecular weight excluding hydrogens is 370 g/mol. The molecule has 146 valence electrons. The number of rotatable bonds is 7. The van der Waals surface area contributed by atoms with E-state index in [0.717, 1.165) is 30.1 Å². The molecule has 4 rings (SSSR count). The average molecular weight is 396 g/mol. The van der Waals surface area contributed by atoms with Gasteiger partial charge >= 0.3 is 0 Å². The molecule has 1 N–H and O–H groups in total. The van der Waals surface area contributed by atoms with Crippen LogP contribution in [0.15, 0.2) is 52.3 Å². The van der Waals surface area contributed by atoms with E-state index in [2.05, 4.69) is 27.3 Å². The Labute approximate surface area is 169 Å². The zero-order valence-corrected chi connectivity index (χ0v) is 16.9. The van der Waals surface area contributed by atoms with Crippen LogP contribution >= 0.6 is 11.3 Å². The molecule has 28 heavy (non-hydrogen) atoms. The molecule has 1 amide bonds. The number of nitrogens with zero attached hydrogens (tertiary/aromatic N) is 2. The van der Waals surface area contributed by atoms with Crippen LogP contribution in [0.4, 0.5) is 0 Å². The Hall–Kier alpha value is -2.44. The number of hydrogen-bond acceptors (Lipinski definition) is 5. The highest BCUT2D eigenvalue weighted by molar-refractivity contribution is 7.13. The standard InChI is InChI=1S/C22H25N3O2S/c1-16-18(24-22(27-16)20-10-7-13-28-20)14-21(26)23-19(15-25-11-5-6-12-25)17-8-3-2-4-9-17/h2-4,7-10,13,19H,5-6,11-12,14-15H2,1H3,(H,23,26). The number of carbonyl (C=O) groups is 1. The molecule has 3 aromatic rings. The third-order valence-electron chi connectivity index (χ3n) is 5.13. The number of hydrogen-bond donors (Lipinski definition) is 1. The summed E-state index contributed by atoms with van der Waals surface area (Å²) in [4.78, 5) is 20.8. The van der Waals surface area contributed by atoms with Crippen molar-refractivity contribution in [3.05, 3.63) is 64.9 Å². The smallest absolute Gasteiger partial charge is 0.236 e. The Balaban J connectivity index is 1.45. The van der Waals surface area contributed by atoms with E-state index in [-0.39, 0.29) is 18.4 Å². The predicted octanol–water partition coefficient (Wildman–Crippen LogP) is 4.21. The summed E-state index contributed by atoms with van der Waals surface area (Å²) in [7, 11) is 0. The van der Waals surface area contributed by atoms with Gasteiger partial charge in [0.1, 0.15) is 5.76 Å². The minimum atomic E-state index is -0.0258. The van der Waals surface area contributed by atoms with Gasteiger partial charge in [-0.15, -0.1) is 11.3 Å². The molecule has 1 aliphatic rings. The molecular formula is C22H25N3O2S. The van der Waals surface area contributed by atoms with Gasteiger partial charge in [0.05, 0.1) is 23.0 Å². The molecule has 5 nitrogen and oxygen atoms in total. The van der Waals surface area contributed by atoms with Gasteiger partial charge in [-0.05, 0) is 49.9 Å². The van der Waals surface area contributed by atoms with Gasteiger partial charge in [0.2, 0.25) is 11.8 Å². The second-order valence-electron chi connectivity index (χ2n) is 7.21. The Morgan fingerprint density at radius 2 is 2.00 bits per heavy atom. The number of thiophene rings is 1. The SMILES string of the molecule is Cc1oc(-c2cccs2)nc1CC(=O)NC(CN1CCCC1)c1ccccc1. The first-order valence-electron chi connectivity index (χ1n) is 9.76. The van der Waals surface area contributed by atoms with E-state index in [9.17, 15) is 4.79 Å². The molecule has 1 aromatic carbocycles. The maximum absolute atomic E-state index is 12.8. The highest BCUT2D eigenvalue weighted by Crippen LogP contribution is 2.26. The summed E-state index contributed by atoms with van der Waals surface area (Å²) in [5, 5.41) is 5.21. The van der Waals surface area contributed by atoms with Crippen molar-refractivity contribution in [2.45, 2.75) is 32.2 Å². The molecule has 0 bridgehead atoms. The molecule has 0 radical (unpaired) electrons. The first-order valence-corrected chi connectivity index (χ1v) is 10.6. The maximum Gasteiger partial charge on any atom is 0.236 e. The molecule has 0 aliphatic carbocycles. The quantitative estimate of drug-likeness (QED) is 0.651. The predicted molar refractivity (Wildman–Crippen MR) is 111 cm³/mol. The summed E-state index contributed by atoms with van der Waals surface area (Å²) < 4.78 is 5.77. The Kier molecular flexibility index (Phi) is 5.88. The van der Waals surface area contributed by atoms with Crippen molar-refractivity contribution in [1.82, 2.24) is 15.2 Å². The number of aromatic nitrogens is 1. The van der Waals surface area contributed by atoms with Crippen molar-refractivity contribution in [2.75, 3.05) is 19.6 Å². The second kappa shape index (κ2) is 8.71. The fourth-order valence-electron chi connectivity index (χ4n) is 3.64. The average Bonchev–Trinajstić information content (AvgIpc) is 3.45. The van der Waals surface area contributed by atoms with E-state index < -0.39 is 0 Å². The Bertz CT molecular complexity index is 899. The van der Waals surface area contributed by atoms with E-state index >= 15 is 0 Å². The van der Waals surface area contributed by atoms with E-state index in [4.69, 9.17) is 4.42 Å². The van der Waals surface area contributed by atoms with Crippen molar-refractivity contribution in [3.63, 3.8) is 0 Å². The lowest BCUT2D eigenvalue weighted by Crippen LogP contribution is -2.37. The van der Waals surface area contributed by atoms with E-state index in [1.54, 1.807) is 11.3 Å². The minimum absolute atomic E-state index is 0.0178. The van der Waals surface area contributed by atoms with Gasteiger partial charge in [-0.25, -0.2) is 4.98 Å². The van der Waals surface area contributed by atoms with Crippen LogP contribution < -0.4 is 5.32 Å². The third-order valence-corrected chi connectivity index (χ3v) is 5.99. The molecule has 2 aromatic heterocycles. The summed E-state index contributed by atoms with van der Waals surface area (Å²) in [6.07, 6.45) is 2.70. The summed E-state index contributed by atoms with van der Waals surface area (Å²) in [6.45, 7) is 4.91. The van der Waals surface area contributed by atoms with Gasteiger partial charge in [0.25, 0.3) is 0 Å². The Morgan fingerprint density at radius 1 is 1.21 bits per heavy atom. The normalized spacial score (nSPS) is 15.6. The van der Waals surface area contributed by atoms with Gasteiger partial charge in [-0.3, -0.25) is 4.79 Å². The van der Waals surface area contributed by atoms with Crippen LogP contribution in [0.25, 0.3) is 10.8 Å². The first-order chi connectivity index (χ1) is 13.7. The molecule has 1 unspecified atom stereocenters. The summed E-state index contributed by atoms with van der Waals surface area (Å²) in [5.74, 6) is 1.27. The van der Waals surface area contributed by atoms with Crippen LogP contribution in [0.1, 0.15) is 35.9 Å². The summed E-state index contributed by atoms with van der Waals surface area (Å²) >= 11 is 1.58. The first kappa shape index (κ1) is 18.9. The van der Waals surface area contributed by atoms with Crippen LogP contribution in [0.3, 0.4) is 0 Å². The fourth-order valence-corrected chi connectivity index (χ4v) is 4.29. The monoisotopic (exact) mass is 395 g/mol. The number of benzene rings is 1. The van der Waals surface area contributed by atoms with Gasteiger partial charge < -0.3 is 14.6 Å². The lowest BCUT2D eigenvalue weighted by molar-refractivity contribution is -0.121. The van der Waals surface area contributed by atoms with Crippen molar-refractivity contribution in [2.24, 2.45) is 0 Å². The maximum atomic E-state index is 12.8. The minimum Gasteiger partial charge on any atom is -0.440 e. The van der Waals surface area contributed by atoms with Gasteiger partial charge in [-0.2, -0.15) is 0 Å². The van der Waals surface area contributed by atoms with E-state index in [0.29, 0.717) is 17.3 Å². The van der Waals surface area contributed by atoms with Crippen LogP contribution in [-0.2, 0) is 11.2 Å². The van der Waals surface area contributed by atoms with E-state index in [1.165, 1.54) is 12.8 Å². The largest absolute Gasteiger partial charge is 0.440 e. The van der Waals surface area contributed by atoms with Gasteiger partial charge in [0, 0.05) is 6.54 Å². The van der Waals surface area contributed by atoms with Crippen LogP contribution in [-0.4, -0.2) is 35.4 Å². The highest BCUT2D eigenvalue weighted by Gasteiger charge is 2.22. The number of aryl methyl sites for hydroxylation is 1. The fraction of sp³-hybridized carbons (Fsp3) is 0.364. The number of oxazole rings is 1. The zero-order chi connectivity index (χ0) is 19.3. The third kappa shape index (κ3) is 4.51.